The number of anilines is 1. The molecule has 1 aromatic heterocycles. The second-order valence-corrected chi connectivity index (χ2v) is 8.79. The Bertz CT molecular complexity index is 1190. The number of rotatable bonds is 3. The number of nitrogens with one attached hydrogen (secondary N) is 2. The summed E-state index contributed by atoms with van der Waals surface area (Å²) in [5.74, 6) is 0.693. The molecule has 0 amide bonds. The molecule has 4 rings (SSSR count). The molecule has 0 radical (unpaired) electrons. The van der Waals surface area contributed by atoms with Gasteiger partial charge in [0.25, 0.3) is 0 Å². The number of aromatic nitrogens is 1. The average Bonchev–Trinajstić information content (AvgIpc) is 2.97. The van der Waals surface area contributed by atoms with Crippen LogP contribution in [0.15, 0.2) is 58.5 Å². The van der Waals surface area contributed by atoms with Crippen LogP contribution in [0.3, 0.4) is 0 Å². The molecule has 2 N–H and O–H groups in total. The minimum absolute atomic E-state index is 0.194. The largest absolute Gasteiger partial charge is 0.339 e. The van der Waals surface area contributed by atoms with E-state index in [4.69, 9.17) is 11.6 Å². The Balaban J connectivity index is 1.81. The van der Waals surface area contributed by atoms with Gasteiger partial charge in [0.15, 0.2) is 9.84 Å². The van der Waals surface area contributed by atoms with Crippen molar-refractivity contribution in [3.05, 3.63) is 64.8 Å². The highest BCUT2D eigenvalue weighted by Crippen LogP contribution is 2.32. The third-order valence-corrected chi connectivity index (χ3v) is 5.83. The van der Waals surface area contributed by atoms with Crippen molar-refractivity contribution in [2.75, 3.05) is 18.6 Å². The van der Waals surface area contributed by atoms with Gasteiger partial charge in [-0.15, -0.1) is 0 Å². The van der Waals surface area contributed by atoms with Gasteiger partial charge in [-0.1, -0.05) is 11.6 Å². The first-order chi connectivity index (χ1) is 12.9. The molecular weight excluding hydrogens is 384 g/mol. The number of benzene rings is 2. The highest BCUT2D eigenvalue weighted by atomic mass is 35.5. The van der Waals surface area contributed by atoms with Crippen molar-refractivity contribution in [1.29, 1.82) is 0 Å². The fourth-order valence-electron chi connectivity index (χ4n) is 3.16. The fraction of sp³-hybridized carbons (Fsp3) is 0.158. The molecule has 1 aliphatic rings. The standard InChI is InChI=1S/C19H17ClN4O2S/c1-21-18-14-9-11(20)3-5-13(14)19(24-18)23-17-7-8-22-16-6-4-12(10-15(16)17)27(2,25)26/h3-10,18,21H,1-2H3,(H,22,23,24). The Labute approximate surface area is 162 Å². The van der Waals surface area contributed by atoms with Crippen molar-refractivity contribution in [2.24, 2.45) is 4.99 Å². The topological polar surface area (TPSA) is 83.4 Å². The lowest BCUT2D eigenvalue weighted by Crippen LogP contribution is -2.12. The SMILES string of the molecule is CNC1N=C(Nc2ccnc3ccc(S(C)(=O)=O)cc23)c2ccc(Cl)cc21. The summed E-state index contributed by atoms with van der Waals surface area (Å²) in [5.41, 5.74) is 3.38. The maximum absolute atomic E-state index is 11.9. The molecule has 2 aromatic carbocycles. The van der Waals surface area contributed by atoms with E-state index in [0.29, 0.717) is 21.8 Å². The Morgan fingerprint density at radius 3 is 2.67 bits per heavy atom. The van der Waals surface area contributed by atoms with Gasteiger partial charge in [-0.2, -0.15) is 0 Å². The molecule has 1 atom stereocenters. The molecule has 138 valence electrons. The van der Waals surface area contributed by atoms with Gasteiger partial charge in [0.05, 0.1) is 16.1 Å². The molecule has 3 aromatic rings. The van der Waals surface area contributed by atoms with Gasteiger partial charge in [-0.25, -0.2) is 13.4 Å². The van der Waals surface area contributed by atoms with Crippen LogP contribution in [-0.4, -0.2) is 32.5 Å². The number of halogens is 1. The van der Waals surface area contributed by atoms with Crippen LogP contribution in [0.25, 0.3) is 10.9 Å². The van der Waals surface area contributed by atoms with Crippen molar-refractivity contribution >= 4 is 43.9 Å². The van der Waals surface area contributed by atoms with E-state index in [1.54, 1.807) is 30.5 Å². The molecular formula is C19H17ClN4O2S. The second-order valence-electron chi connectivity index (χ2n) is 6.34. The first-order valence-electron chi connectivity index (χ1n) is 8.27. The molecule has 0 bridgehead atoms. The first-order valence-corrected chi connectivity index (χ1v) is 10.5. The summed E-state index contributed by atoms with van der Waals surface area (Å²) >= 11 is 6.13. The van der Waals surface area contributed by atoms with Gasteiger partial charge < -0.3 is 5.32 Å². The summed E-state index contributed by atoms with van der Waals surface area (Å²) in [6.07, 6.45) is 2.68. The molecule has 1 unspecified atom stereocenters. The quantitative estimate of drug-likeness (QED) is 0.704. The maximum atomic E-state index is 11.9. The van der Waals surface area contributed by atoms with Gasteiger partial charge in [-0.05, 0) is 49.5 Å². The van der Waals surface area contributed by atoms with E-state index in [1.807, 2.05) is 25.2 Å². The summed E-state index contributed by atoms with van der Waals surface area (Å²) in [4.78, 5) is 9.26. The van der Waals surface area contributed by atoms with E-state index >= 15 is 0 Å². The predicted octanol–water partition coefficient (Wildman–Crippen LogP) is 3.38. The van der Waals surface area contributed by atoms with E-state index < -0.39 is 9.84 Å². The van der Waals surface area contributed by atoms with Crippen LogP contribution in [0.2, 0.25) is 5.02 Å². The van der Waals surface area contributed by atoms with Crippen LogP contribution in [-0.2, 0) is 9.84 Å². The summed E-state index contributed by atoms with van der Waals surface area (Å²) in [6, 6.07) is 12.3. The lowest BCUT2D eigenvalue weighted by Gasteiger charge is -2.11. The monoisotopic (exact) mass is 400 g/mol. The van der Waals surface area contributed by atoms with Gasteiger partial charge in [0.1, 0.15) is 12.0 Å². The van der Waals surface area contributed by atoms with E-state index in [0.717, 1.165) is 16.8 Å². The number of amidine groups is 1. The van der Waals surface area contributed by atoms with Crippen LogP contribution in [0, 0.1) is 0 Å². The summed E-state index contributed by atoms with van der Waals surface area (Å²) in [6.45, 7) is 0. The molecule has 1 aliphatic heterocycles. The van der Waals surface area contributed by atoms with Crippen molar-refractivity contribution in [2.45, 2.75) is 11.1 Å². The highest BCUT2D eigenvalue weighted by Gasteiger charge is 2.24. The summed E-state index contributed by atoms with van der Waals surface area (Å²) in [5, 5.41) is 7.85. The van der Waals surface area contributed by atoms with Crippen LogP contribution in [0.4, 0.5) is 5.69 Å². The molecule has 0 saturated heterocycles. The van der Waals surface area contributed by atoms with Crippen molar-refractivity contribution < 1.29 is 8.42 Å². The predicted molar refractivity (Wildman–Crippen MR) is 108 cm³/mol. The second kappa shape index (κ2) is 6.60. The van der Waals surface area contributed by atoms with E-state index in [9.17, 15) is 8.42 Å². The normalized spacial score (nSPS) is 16.3. The van der Waals surface area contributed by atoms with Gasteiger partial charge in [0.2, 0.25) is 0 Å². The van der Waals surface area contributed by atoms with Crippen LogP contribution >= 0.6 is 11.6 Å². The molecule has 27 heavy (non-hydrogen) atoms. The smallest absolute Gasteiger partial charge is 0.175 e. The van der Waals surface area contributed by atoms with Crippen molar-refractivity contribution in [3.63, 3.8) is 0 Å². The Hall–Kier alpha value is -2.48. The lowest BCUT2D eigenvalue weighted by atomic mass is 10.1. The first kappa shape index (κ1) is 17.9. The third kappa shape index (κ3) is 3.29. The molecule has 0 aliphatic carbocycles. The molecule has 2 heterocycles. The number of hydrogen-bond donors (Lipinski definition) is 2. The lowest BCUT2D eigenvalue weighted by molar-refractivity contribution is 0.602. The van der Waals surface area contributed by atoms with E-state index in [2.05, 4.69) is 20.6 Å². The minimum atomic E-state index is -3.31. The molecule has 0 saturated carbocycles. The third-order valence-electron chi connectivity index (χ3n) is 4.49. The number of hydrogen-bond acceptors (Lipinski definition) is 6. The van der Waals surface area contributed by atoms with Gasteiger partial charge >= 0.3 is 0 Å². The van der Waals surface area contributed by atoms with Crippen LogP contribution < -0.4 is 10.6 Å². The Morgan fingerprint density at radius 2 is 1.93 bits per heavy atom. The van der Waals surface area contributed by atoms with Crippen molar-refractivity contribution in [3.8, 4) is 0 Å². The molecule has 0 spiro atoms. The number of fused-ring (bicyclic) bond motifs is 2. The zero-order chi connectivity index (χ0) is 19.2. The number of nitrogens with zero attached hydrogens (tertiary/aromatic N) is 2. The minimum Gasteiger partial charge on any atom is -0.339 e. The van der Waals surface area contributed by atoms with Crippen molar-refractivity contribution in [1.82, 2.24) is 10.3 Å². The summed E-state index contributed by atoms with van der Waals surface area (Å²) < 4.78 is 23.8. The maximum Gasteiger partial charge on any atom is 0.175 e. The zero-order valence-electron chi connectivity index (χ0n) is 14.7. The van der Waals surface area contributed by atoms with Crippen LogP contribution in [0.5, 0.6) is 0 Å². The molecule has 6 nitrogen and oxygen atoms in total. The Kier molecular flexibility index (Phi) is 4.38. The van der Waals surface area contributed by atoms with Gasteiger partial charge in [0, 0.05) is 34.0 Å². The molecule has 8 heteroatoms. The highest BCUT2D eigenvalue weighted by molar-refractivity contribution is 7.90. The van der Waals surface area contributed by atoms with E-state index in [1.165, 1.54) is 6.26 Å². The zero-order valence-corrected chi connectivity index (χ0v) is 16.3. The molecule has 0 fully saturated rings. The number of sulfone groups is 1. The van der Waals surface area contributed by atoms with Crippen LogP contribution in [0.1, 0.15) is 17.3 Å². The number of pyridine rings is 1. The fourth-order valence-corrected chi connectivity index (χ4v) is 3.98. The number of aliphatic imine (C=N–C) groups is 1. The Morgan fingerprint density at radius 1 is 1.11 bits per heavy atom. The average molecular weight is 401 g/mol. The van der Waals surface area contributed by atoms with Gasteiger partial charge in [-0.3, -0.25) is 10.3 Å². The van der Waals surface area contributed by atoms with E-state index in [-0.39, 0.29) is 11.1 Å². The summed E-state index contributed by atoms with van der Waals surface area (Å²) in [7, 11) is -1.48.